The van der Waals surface area contributed by atoms with Crippen LogP contribution in [0.25, 0.3) is 6.08 Å². The van der Waals surface area contributed by atoms with Crippen LogP contribution < -0.4 is 10.0 Å². The summed E-state index contributed by atoms with van der Waals surface area (Å²) in [5.74, 6) is -1.34. The SMILES string of the molecule is Cc1cc(CNC(=O)/C=C/c2ccc(C(F)(F)F)nc2CCc2ccccc2)cc(F)c1NS(C)(=O)=O. The van der Waals surface area contributed by atoms with Gasteiger partial charge in [0.1, 0.15) is 11.5 Å². The molecule has 0 aliphatic rings. The molecule has 0 saturated carbocycles. The summed E-state index contributed by atoms with van der Waals surface area (Å²) >= 11 is 0. The zero-order valence-corrected chi connectivity index (χ0v) is 20.9. The average molecular weight is 536 g/mol. The van der Waals surface area contributed by atoms with Gasteiger partial charge in [-0.15, -0.1) is 0 Å². The molecule has 0 atom stereocenters. The molecule has 0 bridgehead atoms. The summed E-state index contributed by atoms with van der Waals surface area (Å²) in [4.78, 5) is 16.1. The highest BCUT2D eigenvalue weighted by Crippen LogP contribution is 2.29. The van der Waals surface area contributed by atoms with E-state index in [0.717, 1.165) is 24.0 Å². The van der Waals surface area contributed by atoms with Crippen molar-refractivity contribution in [3.8, 4) is 0 Å². The van der Waals surface area contributed by atoms with Gasteiger partial charge in [-0.2, -0.15) is 13.2 Å². The van der Waals surface area contributed by atoms with Crippen molar-refractivity contribution in [3.05, 3.63) is 100 Å². The maximum Gasteiger partial charge on any atom is 0.433 e. The molecule has 1 amide bonds. The number of aryl methyl sites for hydroxylation is 3. The normalized spacial score (nSPS) is 12.1. The Bertz CT molecular complexity index is 1380. The smallest absolute Gasteiger partial charge is 0.348 e. The number of amides is 1. The van der Waals surface area contributed by atoms with Gasteiger partial charge in [0.05, 0.1) is 11.9 Å². The van der Waals surface area contributed by atoms with Gasteiger partial charge < -0.3 is 5.32 Å². The lowest BCUT2D eigenvalue weighted by atomic mass is 10.0. The molecule has 2 N–H and O–H groups in total. The van der Waals surface area contributed by atoms with Crippen molar-refractivity contribution in [1.29, 1.82) is 0 Å². The summed E-state index contributed by atoms with van der Waals surface area (Å²) in [5.41, 5.74) is 1.07. The molecule has 3 aromatic rings. The summed E-state index contributed by atoms with van der Waals surface area (Å²) in [6.45, 7) is 1.47. The van der Waals surface area contributed by atoms with E-state index >= 15 is 0 Å². The molecule has 0 radical (unpaired) electrons. The number of nitrogens with one attached hydrogen (secondary N) is 2. The second-order valence-electron chi connectivity index (χ2n) is 8.41. The number of sulfonamides is 1. The molecular weight excluding hydrogens is 510 g/mol. The Morgan fingerprint density at radius 1 is 1.03 bits per heavy atom. The number of nitrogens with zero attached hydrogens (tertiary/aromatic N) is 1. The molecule has 0 unspecified atom stereocenters. The van der Waals surface area contributed by atoms with Crippen molar-refractivity contribution >= 4 is 27.7 Å². The van der Waals surface area contributed by atoms with Crippen LogP contribution in [-0.2, 0) is 40.4 Å². The van der Waals surface area contributed by atoms with Crippen molar-refractivity contribution in [2.45, 2.75) is 32.5 Å². The number of aromatic nitrogens is 1. The first-order valence-corrected chi connectivity index (χ1v) is 13.0. The number of pyridine rings is 1. The first-order valence-electron chi connectivity index (χ1n) is 11.2. The van der Waals surface area contributed by atoms with E-state index in [1.807, 2.05) is 30.3 Å². The quantitative estimate of drug-likeness (QED) is 0.297. The predicted octanol–water partition coefficient (Wildman–Crippen LogP) is 5.03. The molecule has 196 valence electrons. The summed E-state index contributed by atoms with van der Waals surface area (Å²) in [7, 11) is -3.67. The number of carbonyl (C=O) groups is 1. The lowest BCUT2D eigenvalue weighted by molar-refractivity contribution is -0.141. The van der Waals surface area contributed by atoms with Crippen LogP contribution in [0.5, 0.6) is 0 Å². The number of hydrogen-bond donors (Lipinski definition) is 2. The van der Waals surface area contributed by atoms with E-state index < -0.39 is 33.6 Å². The first-order chi connectivity index (χ1) is 17.3. The third kappa shape index (κ3) is 8.42. The summed E-state index contributed by atoms with van der Waals surface area (Å²) in [6.07, 6.45) is -0.432. The van der Waals surface area contributed by atoms with Crippen LogP contribution in [-0.4, -0.2) is 25.6 Å². The fourth-order valence-corrected chi connectivity index (χ4v) is 4.20. The molecule has 11 heteroatoms. The van der Waals surface area contributed by atoms with Gasteiger partial charge in [0.2, 0.25) is 15.9 Å². The molecule has 0 saturated heterocycles. The number of rotatable bonds is 9. The van der Waals surface area contributed by atoms with E-state index in [0.29, 0.717) is 23.1 Å². The lowest BCUT2D eigenvalue weighted by Crippen LogP contribution is -2.21. The fourth-order valence-electron chi connectivity index (χ4n) is 3.57. The Balaban J connectivity index is 1.72. The Morgan fingerprint density at radius 3 is 2.35 bits per heavy atom. The van der Waals surface area contributed by atoms with Crippen LogP contribution in [0.4, 0.5) is 23.2 Å². The molecule has 0 aliphatic heterocycles. The van der Waals surface area contributed by atoms with Gasteiger partial charge in [0.25, 0.3) is 0 Å². The Morgan fingerprint density at radius 2 is 1.73 bits per heavy atom. The summed E-state index contributed by atoms with van der Waals surface area (Å²) < 4.78 is 78.8. The highest BCUT2D eigenvalue weighted by Gasteiger charge is 2.32. The van der Waals surface area contributed by atoms with E-state index in [1.165, 1.54) is 31.2 Å². The van der Waals surface area contributed by atoms with Crippen LogP contribution in [0.3, 0.4) is 0 Å². The van der Waals surface area contributed by atoms with E-state index in [2.05, 4.69) is 15.0 Å². The molecule has 0 fully saturated rings. The van der Waals surface area contributed by atoms with Crippen molar-refractivity contribution in [2.75, 3.05) is 11.0 Å². The number of carbonyl (C=O) groups excluding carboxylic acids is 1. The molecule has 1 heterocycles. The minimum atomic E-state index is -4.60. The highest BCUT2D eigenvalue weighted by molar-refractivity contribution is 7.92. The predicted molar refractivity (Wildman–Crippen MR) is 134 cm³/mol. The summed E-state index contributed by atoms with van der Waals surface area (Å²) in [5, 5.41) is 2.57. The monoisotopic (exact) mass is 535 g/mol. The maximum atomic E-state index is 14.4. The number of halogens is 4. The van der Waals surface area contributed by atoms with Crippen LogP contribution in [0.1, 0.15) is 33.6 Å². The fraction of sp³-hybridized carbons (Fsp3) is 0.231. The number of anilines is 1. The minimum Gasteiger partial charge on any atom is -0.348 e. The molecular formula is C26H25F4N3O3S. The van der Waals surface area contributed by atoms with Gasteiger partial charge in [-0.25, -0.2) is 17.8 Å². The van der Waals surface area contributed by atoms with Gasteiger partial charge >= 0.3 is 6.18 Å². The van der Waals surface area contributed by atoms with Gasteiger partial charge in [-0.05, 0) is 60.2 Å². The van der Waals surface area contributed by atoms with Gasteiger partial charge in [-0.1, -0.05) is 42.5 Å². The van der Waals surface area contributed by atoms with Crippen molar-refractivity contribution in [2.24, 2.45) is 0 Å². The molecule has 0 spiro atoms. The summed E-state index contributed by atoms with van der Waals surface area (Å²) in [6, 6.07) is 14.0. The van der Waals surface area contributed by atoms with Crippen LogP contribution >= 0.6 is 0 Å². The van der Waals surface area contributed by atoms with Crippen LogP contribution in [0.2, 0.25) is 0 Å². The van der Waals surface area contributed by atoms with Crippen LogP contribution in [0, 0.1) is 12.7 Å². The molecule has 2 aromatic carbocycles. The van der Waals surface area contributed by atoms with Crippen molar-refractivity contribution < 1.29 is 30.8 Å². The minimum absolute atomic E-state index is 0.0494. The zero-order chi connectivity index (χ0) is 27.2. The lowest BCUT2D eigenvalue weighted by Gasteiger charge is -2.12. The Kier molecular flexibility index (Phi) is 8.69. The van der Waals surface area contributed by atoms with Gasteiger partial charge in [-0.3, -0.25) is 9.52 Å². The number of alkyl halides is 3. The van der Waals surface area contributed by atoms with E-state index in [4.69, 9.17) is 0 Å². The first kappa shape index (κ1) is 27.9. The van der Waals surface area contributed by atoms with E-state index in [9.17, 15) is 30.8 Å². The zero-order valence-electron chi connectivity index (χ0n) is 20.1. The standard InChI is InChI=1S/C26H25F4N3O3S/c1-17-14-19(15-21(27)25(17)33-37(2,35)36)16-31-24(34)13-10-20-9-12-23(26(28,29)30)32-22(20)11-8-18-6-4-3-5-7-18/h3-7,9-10,12-15,33H,8,11,16H2,1-2H3,(H,31,34)/b13-10+. The largest absolute Gasteiger partial charge is 0.433 e. The third-order valence-electron chi connectivity index (χ3n) is 5.31. The second kappa shape index (κ2) is 11.5. The maximum absolute atomic E-state index is 14.4. The van der Waals surface area contributed by atoms with Crippen LogP contribution in [0.15, 0.2) is 60.7 Å². The Hall–Kier alpha value is -3.73. The molecule has 0 aliphatic carbocycles. The molecule has 37 heavy (non-hydrogen) atoms. The second-order valence-corrected chi connectivity index (χ2v) is 10.2. The Labute approximate surface area is 212 Å². The van der Waals surface area contributed by atoms with Gasteiger partial charge in [0.15, 0.2) is 0 Å². The highest BCUT2D eigenvalue weighted by atomic mass is 32.2. The van der Waals surface area contributed by atoms with Crippen molar-refractivity contribution in [1.82, 2.24) is 10.3 Å². The van der Waals surface area contributed by atoms with Crippen molar-refractivity contribution in [3.63, 3.8) is 0 Å². The third-order valence-corrected chi connectivity index (χ3v) is 5.88. The molecule has 6 nitrogen and oxygen atoms in total. The number of hydrogen-bond acceptors (Lipinski definition) is 4. The molecule has 3 rings (SSSR count). The van der Waals surface area contributed by atoms with E-state index in [-0.39, 0.29) is 24.3 Å². The average Bonchev–Trinajstić information content (AvgIpc) is 2.82. The number of benzene rings is 2. The van der Waals surface area contributed by atoms with E-state index in [1.54, 1.807) is 0 Å². The molecule has 1 aromatic heterocycles. The topological polar surface area (TPSA) is 88.2 Å². The van der Waals surface area contributed by atoms with Gasteiger partial charge in [0, 0.05) is 18.3 Å².